The number of hydrogen-bond acceptors (Lipinski definition) is 7. The number of benzene rings is 1. The summed E-state index contributed by atoms with van der Waals surface area (Å²) in [6.45, 7) is -0.633. The fourth-order valence-electron chi connectivity index (χ4n) is 1.59. The highest BCUT2D eigenvalue weighted by molar-refractivity contribution is 7.16. The van der Waals surface area contributed by atoms with Crippen LogP contribution in [0.1, 0.15) is 0 Å². The highest BCUT2D eigenvalue weighted by atomic mass is 32.1. The number of nitro benzene ring substituents is 1. The second-order valence-electron chi connectivity index (χ2n) is 3.62. The Labute approximate surface area is 106 Å². The van der Waals surface area contributed by atoms with Gasteiger partial charge in [0.05, 0.1) is 34.4 Å². The lowest BCUT2D eigenvalue weighted by atomic mass is 10.2. The quantitative estimate of drug-likeness (QED) is 0.551. The molecule has 18 heavy (non-hydrogen) atoms. The number of fused-ring (bicyclic) bond motifs is 1. The molecule has 8 heteroatoms. The van der Waals surface area contributed by atoms with E-state index < -0.39 is 11.0 Å². The zero-order valence-electron chi connectivity index (χ0n) is 9.24. The second kappa shape index (κ2) is 5.25. The molecular weight excluding hydrogens is 258 g/mol. The van der Waals surface area contributed by atoms with Gasteiger partial charge in [-0.1, -0.05) is 0 Å². The molecule has 0 radical (unpaired) electrons. The summed E-state index contributed by atoms with van der Waals surface area (Å²) in [6, 6.07) is 2.63. The number of aliphatic hydroxyl groups excluding tert-OH is 2. The number of nitrogens with one attached hydrogen (secondary N) is 1. The number of thiazole rings is 1. The fourth-order valence-corrected chi connectivity index (χ4v) is 2.27. The van der Waals surface area contributed by atoms with E-state index in [2.05, 4.69) is 10.3 Å². The molecule has 0 unspecified atom stereocenters. The molecule has 7 nitrogen and oxygen atoms in total. The zero-order chi connectivity index (χ0) is 13.1. The molecule has 0 atom stereocenters. The van der Waals surface area contributed by atoms with E-state index in [1.165, 1.54) is 16.8 Å². The van der Waals surface area contributed by atoms with E-state index in [0.717, 1.165) is 4.70 Å². The average Bonchev–Trinajstić information content (AvgIpc) is 2.82. The van der Waals surface area contributed by atoms with Crippen molar-refractivity contribution in [1.29, 1.82) is 0 Å². The largest absolute Gasteiger partial charge is 0.394 e. The molecule has 0 aliphatic rings. The van der Waals surface area contributed by atoms with Gasteiger partial charge in [-0.25, -0.2) is 4.98 Å². The molecule has 2 aromatic rings. The monoisotopic (exact) mass is 269 g/mol. The van der Waals surface area contributed by atoms with Gasteiger partial charge < -0.3 is 15.5 Å². The Morgan fingerprint density at radius 2 is 2.17 bits per heavy atom. The van der Waals surface area contributed by atoms with Crippen molar-refractivity contribution in [3.63, 3.8) is 0 Å². The van der Waals surface area contributed by atoms with Gasteiger partial charge in [0.15, 0.2) is 5.52 Å². The molecule has 2 rings (SSSR count). The minimum atomic E-state index is -0.639. The second-order valence-corrected chi connectivity index (χ2v) is 4.51. The minimum Gasteiger partial charge on any atom is -0.394 e. The maximum atomic E-state index is 11.1. The van der Waals surface area contributed by atoms with Crippen LogP contribution in [0.4, 0.5) is 11.4 Å². The molecule has 96 valence electrons. The van der Waals surface area contributed by atoms with Gasteiger partial charge in [-0.2, -0.15) is 0 Å². The molecule has 0 fully saturated rings. The highest BCUT2D eigenvalue weighted by Gasteiger charge is 2.22. The van der Waals surface area contributed by atoms with Gasteiger partial charge in [0.1, 0.15) is 5.69 Å². The lowest BCUT2D eigenvalue weighted by Crippen LogP contribution is -2.28. The van der Waals surface area contributed by atoms with Crippen LogP contribution in [0.15, 0.2) is 17.6 Å². The van der Waals surface area contributed by atoms with Crippen molar-refractivity contribution in [2.45, 2.75) is 6.04 Å². The molecule has 1 heterocycles. The van der Waals surface area contributed by atoms with Crippen molar-refractivity contribution >= 4 is 32.9 Å². The molecule has 0 amide bonds. The van der Waals surface area contributed by atoms with E-state index >= 15 is 0 Å². The number of nitro groups is 1. The molecular formula is C10H11N3O4S. The number of rotatable bonds is 5. The van der Waals surface area contributed by atoms with E-state index in [1.807, 2.05) is 0 Å². The summed E-state index contributed by atoms with van der Waals surface area (Å²) in [5.41, 5.74) is 1.95. The smallest absolute Gasteiger partial charge is 0.319 e. The minimum absolute atomic E-state index is 0.138. The van der Waals surface area contributed by atoms with Crippen LogP contribution in [-0.4, -0.2) is 39.4 Å². The lowest BCUT2D eigenvalue weighted by molar-refractivity contribution is -0.382. The van der Waals surface area contributed by atoms with Crippen LogP contribution in [0.3, 0.4) is 0 Å². The van der Waals surface area contributed by atoms with Gasteiger partial charge >= 0.3 is 5.69 Å². The van der Waals surface area contributed by atoms with Crippen LogP contribution in [0.2, 0.25) is 0 Å². The maximum Gasteiger partial charge on any atom is 0.319 e. The van der Waals surface area contributed by atoms with Crippen molar-refractivity contribution in [3.05, 3.63) is 27.8 Å². The first kappa shape index (κ1) is 12.7. The summed E-state index contributed by atoms with van der Waals surface area (Å²) in [5, 5.41) is 31.8. The van der Waals surface area contributed by atoms with Crippen molar-refractivity contribution in [2.24, 2.45) is 0 Å². The van der Waals surface area contributed by atoms with E-state index in [9.17, 15) is 10.1 Å². The van der Waals surface area contributed by atoms with Gasteiger partial charge in [0.2, 0.25) is 0 Å². The third-order valence-corrected chi connectivity index (χ3v) is 3.25. The van der Waals surface area contributed by atoms with Crippen LogP contribution >= 0.6 is 11.3 Å². The molecule has 1 aromatic heterocycles. The zero-order valence-corrected chi connectivity index (χ0v) is 10.1. The molecule has 0 saturated carbocycles. The van der Waals surface area contributed by atoms with Crippen molar-refractivity contribution in [1.82, 2.24) is 4.98 Å². The number of aliphatic hydroxyl groups is 2. The van der Waals surface area contributed by atoms with E-state index in [0.29, 0.717) is 5.52 Å². The van der Waals surface area contributed by atoms with E-state index in [4.69, 9.17) is 10.2 Å². The number of aromatic nitrogens is 1. The Bertz CT molecular complexity index is 567. The fraction of sp³-hybridized carbons (Fsp3) is 0.300. The van der Waals surface area contributed by atoms with Crippen LogP contribution < -0.4 is 5.32 Å². The van der Waals surface area contributed by atoms with Crippen LogP contribution in [-0.2, 0) is 0 Å². The summed E-state index contributed by atoms with van der Waals surface area (Å²) >= 11 is 1.32. The molecule has 3 N–H and O–H groups in total. The summed E-state index contributed by atoms with van der Waals surface area (Å²) in [5.74, 6) is 0. The Hall–Kier alpha value is -1.77. The molecule has 0 aliphatic carbocycles. The number of anilines is 1. The molecule has 0 spiro atoms. The van der Waals surface area contributed by atoms with E-state index in [1.54, 1.807) is 12.1 Å². The van der Waals surface area contributed by atoms with Crippen LogP contribution in [0.5, 0.6) is 0 Å². The topological polar surface area (TPSA) is 109 Å². The Balaban J connectivity index is 2.49. The predicted octanol–water partition coefficient (Wildman–Crippen LogP) is 0.970. The van der Waals surface area contributed by atoms with Crippen molar-refractivity contribution in [2.75, 3.05) is 18.5 Å². The summed E-state index contributed by atoms with van der Waals surface area (Å²) in [6.07, 6.45) is 0. The molecule has 0 bridgehead atoms. The summed E-state index contributed by atoms with van der Waals surface area (Å²) in [7, 11) is 0. The summed E-state index contributed by atoms with van der Waals surface area (Å²) in [4.78, 5) is 14.6. The van der Waals surface area contributed by atoms with Crippen LogP contribution in [0, 0.1) is 10.1 Å². The number of nitrogens with zero attached hydrogens (tertiary/aromatic N) is 2. The predicted molar refractivity (Wildman–Crippen MR) is 67.9 cm³/mol. The summed E-state index contributed by atoms with van der Waals surface area (Å²) < 4.78 is 0.719. The lowest BCUT2D eigenvalue weighted by Gasteiger charge is -2.14. The first-order valence-electron chi connectivity index (χ1n) is 5.16. The van der Waals surface area contributed by atoms with Gasteiger partial charge in [-0.15, -0.1) is 11.3 Å². The third kappa shape index (κ3) is 2.26. The third-order valence-electron chi connectivity index (χ3n) is 2.46. The van der Waals surface area contributed by atoms with Crippen molar-refractivity contribution in [3.8, 4) is 0 Å². The maximum absolute atomic E-state index is 11.1. The van der Waals surface area contributed by atoms with Gasteiger partial charge in [0.25, 0.3) is 0 Å². The molecule has 0 aliphatic heterocycles. The van der Waals surface area contributed by atoms with Gasteiger partial charge in [-0.3, -0.25) is 10.1 Å². The van der Waals surface area contributed by atoms with E-state index in [-0.39, 0.29) is 24.6 Å². The average molecular weight is 269 g/mol. The standard InChI is InChI=1S/C10H11N3O4S/c14-3-6(4-15)12-7-1-2-8-9(11-5-18-8)10(7)13(16)17/h1-2,5-6,12,14-15H,3-4H2. The number of hydrogen-bond donors (Lipinski definition) is 3. The highest BCUT2D eigenvalue weighted by Crippen LogP contribution is 2.34. The Morgan fingerprint density at radius 1 is 1.44 bits per heavy atom. The first-order valence-corrected chi connectivity index (χ1v) is 6.04. The van der Waals surface area contributed by atoms with Gasteiger partial charge in [0, 0.05) is 0 Å². The van der Waals surface area contributed by atoms with Crippen molar-refractivity contribution < 1.29 is 15.1 Å². The van der Waals surface area contributed by atoms with Gasteiger partial charge in [-0.05, 0) is 12.1 Å². The molecule has 0 saturated heterocycles. The Kier molecular flexibility index (Phi) is 3.70. The normalized spacial score (nSPS) is 11.1. The Morgan fingerprint density at radius 3 is 2.78 bits per heavy atom. The van der Waals surface area contributed by atoms with Crippen LogP contribution in [0.25, 0.3) is 10.2 Å². The SMILES string of the molecule is O=[N+]([O-])c1c(NC(CO)CO)ccc2scnc12. The molecule has 1 aromatic carbocycles. The first-order chi connectivity index (χ1) is 8.67.